The van der Waals surface area contributed by atoms with Crippen molar-refractivity contribution in [2.45, 2.75) is 59.0 Å². The van der Waals surface area contributed by atoms with Gasteiger partial charge in [0.1, 0.15) is 17.1 Å². The van der Waals surface area contributed by atoms with Gasteiger partial charge in [-0.15, -0.1) is 0 Å². The van der Waals surface area contributed by atoms with Gasteiger partial charge in [-0.3, -0.25) is 9.69 Å². The topological polar surface area (TPSA) is 98.3 Å². The van der Waals surface area contributed by atoms with Crippen LogP contribution in [0.4, 0.5) is 11.7 Å². The molecular formula is C24H32N6O2. The molecule has 4 rings (SSSR count). The van der Waals surface area contributed by atoms with E-state index in [1.165, 1.54) is 0 Å². The van der Waals surface area contributed by atoms with Crippen LogP contribution in [0.15, 0.2) is 22.7 Å². The number of nitrogens with one attached hydrogen (secondary N) is 1. The van der Waals surface area contributed by atoms with E-state index in [0.717, 1.165) is 5.76 Å². The molecule has 2 atom stereocenters. The highest BCUT2D eigenvalue weighted by Crippen LogP contribution is 2.37. The molecule has 8 nitrogen and oxygen atoms in total. The van der Waals surface area contributed by atoms with Gasteiger partial charge in [-0.25, -0.2) is 9.97 Å². The predicted octanol–water partition coefficient (Wildman–Crippen LogP) is 3.62. The number of carbonyl (C=O) groups is 1. The maximum atomic E-state index is 14.0. The maximum Gasteiger partial charge on any atom is 0.259 e. The lowest BCUT2D eigenvalue weighted by Gasteiger charge is -2.37. The fourth-order valence-electron chi connectivity index (χ4n) is 4.30. The van der Waals surface area contributed by atoms with Crippen LogP contribution < -0.4 is 10.2 Å². The molecular weight excluding hydrogens is 404 g/mol. The number of furan rings is 1. The number of hydrogen-bond donors (Lipinski definition) is 1. The van der Waals surface area contributed by atoms with Crippen molar-refractivity contribution in [3.8, 4) is 6.07 Å². The zero-order valence-electron chi connectivity index (χ0n) is 19.6. The summed E-state index contributed by atoms with van der Waals surface area (Å²) in [7, 11) is 0. The quantitative estimate of drug-likeness (QED) is 0.764. The lowest BCUT2D eigenvalue weighted by atomic mass is 9.94. The van der Waals surface area contributed by atoms with Gasteiger partial charge in [0, 0.05) is 43.4 Å². The molecule has 170 valence electrons. The van der Waals surface area contributed by atoms with Crippen molar-refractivity contribution in [1.82, 2.24) is 20.2 Å². The fourth-order valence-corrected chi connectivity index (χ4v) is 4.30. The van der Waals surface area contributed by atoms with Gasteiger partial charge < -0.3 is 14.6 Å². The van der Waals surface area contributed by atoms with Crippen molar-refractivity contribution in [1.29, 1.82) is 5.26 Å². The number of amides is 1. The summed E-state index contributed by atoms with van der Waals surface area (Å²) in [6.45, 7) is 12.9. The van der Waals surface area contributed by atoms with Crippen molar-refractivity contribution in [3.63, 3.8) is 0 Å². The average molecular weight is 437 g/mol. The van der Waals surface area contributed by atoms with E-state index in [2.05, 4.69) is 51.0 Å². The van der Waals surface area contributed by atoms with Crippen molar-refractivity contribution in [2.75, 3.05) is 24.5 Å². The first-order valence-electron chi connectivity index (χ1n) is 11.3. The molecule has 0 spiro atoms. The summed E-state index contributed by atoms with van der Waals surface area (Å²) in [5.41, 5.74) is 0.212. The van der Waals surface area contributed by atoms with E-state index in [4.69, 9.17) is 9.40 Å². The van der Waals surface area contributed by atoms with Crippen LogP contribution in [0.25, 0.3) is 0 Å². The Labute approximate surface area is 189 Å². The zero-order chi connectivity index (χ0) is 23.0. The third-order valence-corrected chi connectivity index (χ3v) is 5.93. The fraction of sp³-hybridized carbons (Fsp3) is 0.583. The second-order valence-corrected chi connectivity index (χ2v) is 10.2. The van der Waals surface area contributed by atoms with E-state index in [1.54, 1.807) is 6.20 Å². The van der Waals surface area contributed by atoms with Crippen LogP contribution in [0.5, 0.6) is 0 Å². The minimum atomic E-state index is -0.255. The van der Waals surface area contributed by atoms with Gasteiger partial charge in [0.15, 0.2) is 5.82 Å². The summed E-state index contributed by atoms with van der Waals surface area (Å²) in [5.74, 6) is 2.89. The molecule has 32 heavy (non-hydrogen) atoms. The molecule has 2 bridgehead atoms. The number of piperidine rings is 1. The summed E-state index contributed by atoms with van der Waals surface area (Å²) in [5, 5.41) is 12.8. The van der Waals surface area contributed by atoms with Crippen LogP contribution in [0.2, 0.25) is 0 Å². The molecule has 2 aromatic heterocycles. The van der Waals surface area contributed by atoms with E-state index < -0.39 is 0 Å². The van der Waals surface area contributed by atoms with Crippen molar-refractivity contribution < 1.29 is 9.21 Å². The minimum Gasteiger partial charge on any atom is -0.443 e. The number of nitrogens with zero attached hydrogens (tertiary/aromatic N) is 5. The first kappa shape index (κ1) is 22.3. The molecule has 0 radical (unpaired) electrons. The van der Waals surface area contributed by atoms with E-state index >= 15 is 0 Å². The second kappa shape index (κ2) is 8.55. The molecule has 0 aromatic carbocycles. The summed E-state index contributed by atoms with van der Waals surface area (Å²) >= 11 is 0. The van der Waals surface area contributed by atoms with Gasteiger partial charge in [0.05, 0.1) is 18.5 Å². The van der Waals surface area contributed by atoms with E-state index in [9.17, 15) is 10.1 Å². The number of fused-ring (bicyclic) bond motifs is 2. The number of rotatable bonds is 5. The highest BCUT2D eigenvalue weighted by molar-refractivity contribution is 5.99. The predicted molar refractivity (Wildman–Crippen MR) is 122 cm³/mol. The SMILES string of the molecule is CC(C)CN(C(=O)c1cnc(C(C)(C)C)nc1N1Cc2ccc1o2)C1CNCC(C#N)C1. The van der Waals surface area contributed by atoms with Crippen LogP contribution in [0.1, 0.15) is 63.0 Å². The van der Waals surface area contributed by atoms with E-state index in [0.29, 0.717) is 61.6 Å². The molecule has 4 heterocycles. The van der Waals surface area contributed by atoms with Crippen LogP contribution in [-0.2, 0) is 12.0 Å². The first-order chi connectivity index (χ1) is 15.2. The first-order valence-corrected chi connectivity index (χ1v) is 11.3. The van der Waals surface area contributed by atoms with Crippen LogP contribution in [0, 0.1) is 23.2 Å². The van der Waals surface area contributed by atoms with Crippen molar-refractivity contribution >= 4 is 17.6 Å². The number of hydrogen-bond acceptors (Lipinski definition) is 7. The normalized spacial score (nSPS) is 20.5. The van der Waals surface area contributed by atoms with Crippen molar-refractivity contribution in [2.24, 2.45) is 11.8 Å². The van der Waals surface area contributed by atoms with Crippen molar-refractivity contribution in [3.05, 3.63) is 35.5 Å². The largest absolute Gasteiger partial charge is 0.443 e. The van der Waals surface area contributed by atoms with Gasteiger partial charge in [-0.05, 0) is 18.4 Å². The minimum absolute atomic E-state index is 0.0494. The lowest BCUT2D eigenvalue weighted by molar-refractivity contribution is 0.0604. The molecule has 1 fully saturated rings. The molecule has 2 unspecified atom stereocenters. The summed E-state index contributed by atoms with van der Waals surface area (Å²) in [6.07, 6.45) is 2.33. The monoisotopic (exact) mass is 436 g/mol. The van der Waals surface area contributed by atoms with Gasteiger partial charge in [-0.2, -0.15) is 5.26 Å². The Morgan fingerprint density at radius 3 is 2.75 bits per heavy atom. The zero-order valence-corrected chi connectivity index (χ0v) is 19.6. The molecule has 0 aliphatic carbocycles. The highest BCUT2D eigenvalue weighted by Gasteiger charge is 2.35. The summed E-state index contributed by atoms with van der Waals surface area (Å²) in [6, 6.07) is 6.15. The lowest BCUT2D eigenvalue weighted by Crippen LogP contribution is -2.52. The molecule has 2 aromatic rings. The van der Waals surface area contributed by atoms with Crippen LogP contribution >= 0.6 is 0 Å². The molecule has 8 heteroatoms. The number of aromatic nitrogens is 2. The standard InChI is InChI=1S/C24H32N6O2/c1-15(2)13-29(17-8-16(9-25)10-26-11-17)22(31)19-12-27-23(24(3,4)5)28-21(19)30-14-18-6-7-20(30)32-18/h6-7,12,15-17,26H,8,10-11,13-14H2,1-5H3. The average Bonchev–Trinajstić information content (AvgIpc) is 3.39. The Morgan fingerprint density at radius 2 is 2.16 bits per heavy atom. The Kier molecular flexibility index (Phi) is 5.95. The van der Waals surface area contributed by atoms with E-state index in [-0.39, 0.29) is 23.3 Å². The number of anilines is 2. The second-order valence-electron chi connectivity index (χ2n) is 10.2. The summed E-state index contributed by atoms with van der Waals surface area (Å²) in [4.78, 5) is 27.2. The maximum absolute atomic E-state index is 14.0. The molecule has 1 saturated heterocycles. The van der Waals surface area contributed by atoms with Crippen LogP contribution in [-0.4, -0.2) is 46.5 Å². The Morgan fingerprint density at radius 1 is 1.38 bits per heavy atom. The number of nitriles is 1. The Hall–Kier alpha value is -2.92. The Balaban J connectivity index is 1.73. The Bertz CT molecular complexity index is 1030. The van der Waals surface area contributed by atoms with E-state index in [1.807, 2.05) is 21.9 Å². The third-order valence-electron chi connectivity index (χ3n) is 5.93. The summed E-state index contributed by atoms with van der Waals surface area (Å²) < 4.78 is 5.79. The highest BCUT2D eigenvalue weighted by atomic mass is 16.4. The number of carbonyl (C=O) groups excluding carboxylic acids is 1. The van der Waals surface area contributed by atoms with Crippen LogP contribution in [0.3, 0.4) is 0 Å². The van der Waals surface area contributed by atoms with Gasteiger partial charge in [0.2, 0.25) is 5.88 Å². The van der Waals surface area contributed by atoms with Gasteiger partial charge in [-0.1, -0.05) is 34.6 Å². The smallest absolute Gasteiger partial charge is 0.259 e. The van der Waals surface area contributed by atoms with Gasteiger partial charge in [0.25, 0.3) is 5.91 Å². The molecule has 0 saturated carbocycles. The molecule has 1 amide bonds. The molecule has 1 N–H and O–H groups in total. The molecule has 2 aliphatic heterocycles. The van der Waals surface area contributed by atoms with Gasteiger partial charge >= 0.3 is 0 Å². The third kappa shape index (κ3) is 4.35. The molecule has 2 aliphatic rings.